The number of benzene rings is 1. The van der Waals surface area contributed by atoms with Crippen molar-refractivity contribution in [3.8, 4) is 0 Å². The molecule has 10 heteroatoms. The largest absolute Gasteiger partial charge is 0.478 e. The summed E-state index contributed by atoms with van der Waals surface area (Å²) in [5, 5.41) is 18.3. The minimum absolute atomic E-state index is 0.00461. The molecule has 0 spiro atoms. The number of rotatable bonds is 12. The Morgan fingerprint density at radius 3 is 2.00 bits per heavy atom. The molecular weight excluding hydrogens is 424 g/mol. The van der Waals surface area contributed by atoms with Gasteiger partial charge in [-0.3, -0.25) is 0 Å². The predicted molar refractivity (Wildman–Crippen MR) is 110 cm³/mol. The topological polar surface area (TPSA) is 154 Å². The van der Waals surface area contributed by atoms with Gasteiger partial charge in [0, 0.05) is 11.1 Å². The van der Waals surface area contributed by atoms with Crippen molar-refractivity contribution < 1.29 is 48.4 Å². The Morgan fingerprint density at radius 1 is 0.906 bits per heavy atom. The van der Waals surface area contributed by atoms with Gasteiger partial charge in [0.25, 0.3) is 0 Å². The van der Waals surface area contributed by atoms with Crippen LogP contribution in [0.4, 0.5) is 0 Å². The Balaban J connectivity index is 2.92. The third-order valence-electron chi connectivity index (χ3n) is 3.99. The lowest BCUT2D eigenvalue weighted by Gasteiger charge is -2.18. The lowest BCUT2D eigenvalue weighted by molar-refractivity contribution is -0.142. The molecular formula is C22H24O10. The summed E-state index contributed by atoms with van der Waals surface area (Å²) in [5.74, 6) is -5.20. The van der Waals surface area contributed by atoms with Gasteiger partial charge in [0.05, 0.1) is 23.3 Å². The summed E-state index contributed by atoms with van der Waals surface area (Å²) in [6.45, 7) is 9.53. The van der Waals surface area contributed by atoms with Gasteiger partial charge in [0.15, 0.2) is 0 Å². The van der Waals surface area contributed by atoms with Crippen LogP contribution in [0.3, 0.4) is 0 Å². The van der Waals surface area contributed by atoms with E-state index in [1.165, 1.54) is 13.8 Å². The van der Waals surface area contributed by atoms with Crippen LogP contribution in [0.15, 0.2) is 42.5 Å². The van der Waals surface area contributed by atoms with E-state index in [2.05, 4.69) is 13.2 Å². The van der Waals surface area contributed by atoms with Crippen molar-refractivity contribution in [1.82, 2.24) is 0 Å². The number of aromatic carboxylic acids is 2. The van der Waals surface area contributed by atoms with Gasteiger partial charge in [-0.15, -0.1) is 0 Å². The molecule has 10 nitrogen and oxygen atoms in total. The maximum Gasteiger partial charge on any atom is 0.338 e. The number of ether oxygens (including phenoxy) is 3. The SMILES string of the molecule is C=C(C)C(=O)OCCCC(COC(=O)C(=C)C)OC(=O)c1ccc(C(=O)O)c(C(=O)O)c1. The fourth-order valence-corrected chi connectivity index (χ4v) is 2.32. The van der Waals surface area contributed by atoms with Gasteiger partial charge < -0.3 is 24.4 Å². The second-order valence-electron chi connectivity index (χ2n) is 6.84. The number of hydrogen-bond acceptors (Lipinski definition) is 8. The minimum Gasteiger partial charge on any atom is -0.478 e. The van der Waals surface area contributed by atoms with Crippen molar-refractivity contribution >= 4 is 29.8 Å². The number of esters is 3. The molecule has 0 saturated carbocycles. The molecule has 1 aromatic rings. The molecule has 0 aliphatic carbocycles. The van der Waals surface area contributed by atoms with E-state index in [1.807, 2.05) is 0 Å². The highest BCUT2D eigenvalue weighted by Gasteiger charge is 2.22. The molecule has 0 fully saturated rings. The first-order valence-electron chi connectivity index (χ1n) is 9.40. The van der Waals surface area contributed by atoms with E-state index >= 15 is 0 Å². The average molecular weight is 448 g/mol. The zero-order valence-electron chi connectivity index (χ0n) is 17.7. The van der Waals surface area contributed by atoms with Crippen LogP contribution in [0.2, 0.25) is 0 Å². The zero-order chi connectivity index (χ0) is 24.4. The molecule has 0 heterocycles. The molecule has 0 radical (unpaired) electrons. The van der Waals surface area contributed by atoms with Crippen LogP contribution in [0, 0.1) is 0 Å². The molecule has 0 aromatic heterocycles. The molecule has 1 aromatic carbocycles. The molecule has 0 bridgehead atoms. The first kappa shape index (κ1) is 26.1. The standard InChI is InChI=1S/C22H24O10/c1-12(2)20(27)30-9-5-6-15(11-31-21(28)13(3)4)32-22(29)14-7-8-16(18(23)24)17(10-14)19(25)26/h7-8,10,15H,1,3,5-6,9,11H2,2,4H3,(H,23,24)(H,25,26). The van der Waals surface area contributed by atoms with E-state index in [0.717, 1.165) is 18.2 Å². The van der Waals surface area contributed by atoms with Crippen molar-refractivity contribution in [3.63, 3.8) is 0 Å². The molecule has 1 unspecified atom stereocenters. The summed E-state index contributed by atoms with van der Waals surface area (Å²) >= 11 is 0. The molecule has 32 heavy (non-hydrogen) atoms. The van der Waals surface area contributed by atoms with E-state index < -0.39 is 47.1 Å². The summed E-state index contributed by atoms with van der Waals surface area (Å²) in [6.07, 6.45) is -0.529. The van der Waals surface area contributed by atoms with Crippen LogP contribution in [-0.4, -0.2) is 59.4 Å². The van der Waals surface area contributed by atoms with Crippen LogP contribution in [-0.2, 0) is 23.8 Å². The third kappa shape index (κ3) is 8.05. The maximum absolute atomic E-state index is 12.5. The van der Waals surface area contributed by atoms with E-state index in [-0.39, 0.29) is 42.8 Å². The number of carbonyl (C=O) groups excluding carboxylic acids is 3. The fraction of sp³-hybridized carbons (Fsp3) is 0.318. The maximum atomic E-state index is 12.5. The van der Waals surface area contributed by atoms with Crippen molar-refractivity contribution in [2.75, 3.05) is 13.2 Å². The highest BCUT2D eigenvalue weighted by molar-refractivity contribution is 6.04. The fourth-order valence-electron chi connectivity index (χ4n) is 2.32. The zero-order valence-corrected chi connectivity index (χ0v) is 17.7. The molecule has 2 N–H and O–H groups in total. The number of carbonyl (C=O) groups is 5. The van der Waals surface area contributed by atoms with Crippen LogP contribution in [0.5, 0.6) is 0 Å². The normalized spacial score (nSPS) is 11.1. The van der Waals surface area contributed by atoms with Crippen LogP contribution in [0.25, 0.3) is 0 Å². The Kier molecular flexibility index (Phi) is 9.81. The van der Waals surface area contributed by atoms with E-state index in [4.69, 9.17) is 19.3 Å². The van der Waals surface area contributed by atoms with E-state index in [1.54, 1.807) is 0 Å². The average Bonchev–Trinajstić information content (AvgIpc) is 2.73. The number of carboxylic acid groups (broad SMARTS) is 2. The molecule has 0 saturated heterocycles. The van der Waals surface area contributed by atoms with Crippen LogP contribution in [0.1, 0.15) is 57.8 Å². The van der Waals surface area contributed by atoms with Gasteiger partial charge in [-0.05, 0) is 44.9 Å². The minimum atomic E-state index is -1.52. The Labute approximate surface area is 184 Å². The van der Waals surface area contributed by atoms with Crippen LogP contribution >= 0.6 is 0 Å². The molecule has 0 aliphatic heterocycles. The van der Waals surface area contributed by atoms with E-state index in [0.29, 0.717) is 0 Å². The highest BCUT2D eigenvalue weighted by Crippen LogP contribution is 2.16. The molecule has 1 rings (SSSR count). The highest BCUT2D eigenvalue weighted by atomic mass is 16.6. The van der Waals surface area contributed by atoms with E-state index in [9.17, 15) is 29.1 Å². The van der Waals surface area contributed by atoms with Gasteiger partial charge >= 0.3 is 29.8 Å². The quantitative estimate of drug-likeness (QED) is 0.211. The molecule has 0 amide bonds. The van der Waals surface area contributed by atoms with Gasteiger partial charge in [-0.1, -0.05) is 13.2 Å². The first-order chi connectivity index (χ1) is 14.9. The summed E-state index contributed by atoms with van der Waals surface area (Å²) in [7, 11) is 0. The Morgan fingerprint density at radius 2 is 1.47 bits per heavy atom. The van der Waals surface area contributed by atoms with Crippen molar-refractivity contribution in [2.24, 2.45) is 0 Å². The van der Waals surface area contributed by atoms with Gasteiger partial charge in [-0.2, -0.15) is 0 Å². The Bertz CT molecular complexity index is 944. The van der Waals surface area contributed by atoms with Crippen LogP contribution < -0.4 is 0 Å². The van der Waals surface area contributed by atoms with Gasteiger partial charge in [-0.25, -0.2) is 24.0 Å². The summed E-state index contributed by atoms with van der Waals surface area (Å²) in [4.78, 5) is 58.0. The van der Waals surface area contributed by atoms with Crippen molar-refractivity contribution in [2.45, 2.75) is 32.8 Å². The smallest absolute Gasteiger partial charge is 0.338 e. The molecule has 0 aliphatic rings. The summed E-state index contributed by atoms with van der Waals surface area (Å²) < 4.78 is 15.3. The van der Waals surface area contributed by atoms with Crippen molar-refractivity contribution in [3.05, 3.63) is 59.2 Å². The summed E-state index contributed by atoms with van der Waals surface area (Å²) in [6, 6.07) is 2.99. The third-order valence-corrected chi connectivity index (χ3v) is 3.99. The molecule has 1 atom stereocenters. The lowest BCUT2D eigenvalue weighted by Crippen LogP contribution is -2.26. The number of hydrogen-bond donors (Lipinski definition) is 2. The second-order valence-corrected chi connectivity index (χ2v) is 6.84. The lowest BCUT2D eigenvalue weighted by atomic mass is 10.0. The predicted octanol–water partition coefficient (Wildman–Crippen LogP) is 2.63. The Hall–Kier alpha value is -3.95. The van der Waals surface area contributed by atoms with Gasteiger partial charge in [0.1, 0.15) is 12.7 Å². The molecule has 172 valence electrons. The second kappa shape index (κ2) is 12.0. The first-order valence-corrected chi connectivity index (χ1v) is 9.40. The monoisotopic (exact) mass is 448 g/mol. The van der Waals surface area contributed by atoms with Gasteiger partial charge in [0.2, 0.25) is 0 Å². The summed E-state index contributed by atoms with van der Waals surface area (Å²) in [5.41, 5.74) is -0.898. The number of carboxylic acids is 2. The van der Waals surface area contributed by atoms with Crippen molar-refractivity contribution in [1.29, 1.82) is 0 Å².